The van der Waals surface area contributed by atoms with Crippen molar-refractivity contribution in [1.29, 1.82) is 0 Å². The van der Waals surface area contributed by atoms with E-state index in [1.807, 2.05) is 0 Å². The van der Waals surface area contributed by atoms with E-state index in [2.05, 4.69) is 0 Å². The Balaban J connectivity index is 2.85. The van der Waals surface area contributed by atoms with Crippen molar-refractivity contribution in [3.63, 3.8) is 0 Å². The lowest BCUT2D eigenvalue weighted by atomic mass is 10.0. The second-order valence-corrected chi connectivity index (χ2v) is 3.56. The number of nitrogens with two attached hydrogens (primary N) is 1. The van der Waals surface area contributed by atoms with Crippen LogP contribution in [0.4, 0.5) is 5.69 Å². The lowest BCUT2D eigenvalue weighted by Crippen LogP contribution is -2.12. The van der Waals surface area contributed by atoms with Crippen molar-refractivity contribution in [2.75, 3.05) is 12.8 Å². The van der Waals surface area contributed by atoms with Gasteiger partial charge in [0.05, 0.1) is 13.0 Å². The van der Waals surface area contributed by atoms with Crippen molar-refractivity contribution in [2.24, 2.45) is 5.92 Å². The van der Waals surface area contributed by atoms with E-state index in [0.717, 1.165) is 5.56 Å². The Morgan fingerprint density at radius 1 is 1.53 bits per heavy atom. The summed E-state index contributed by atoms with van der Waals surface area (Å²) in [7, 11) is 1.55. The first kappa shape index (κ1) is 11.4. The van der Waals surface area contributed by atoms with Crippen molar-refractivity contribution < 1.29 is 14.6 Å². The fourth-order valence-electron chi connectivity index (χ4n) is 1.36. The Bertz CT molecular complexity index is 363. The predicted molar refractivity (Wildman–Crippen MR) is 57.9 cm³/mol. The molecule has 3 N–H and O–H groups in total. The quantitative estimate of drug-likeness (QED) is 0.738. The SMILES string of the molecule is COc1cc(N)cc(CC(C)C(=O)O)c1. The van der Waals surface area contributed by atoms with Crippen molar-refractivity contribution in [2.45, 2.75) is 13.3 Å². The van der Waals surface area contributed by atoms with Gasteiger partial charge in [-0.25, -0.2) is 0 Å². The Morgan fingerprint density at radius 3 is 2.73 bits per heavy atom. The lowest BCUT2D eigenvalue weighted by Gasteiger charge is -2.09. The van der Waals surface area contributed by atoms with Crippen LogP contribution >= 0.6 is 0 Å². The van der Waals surface area contributed by atoms with E-state index < -0.39 is 11.9 Å². The van der Waals surface area contributed by atoms with E-state index in [1.54, 1.807) is 32.2 Å². The molecule has 0 aliphatic carbocycles. The highest BCUT2D eigenvalue weighted by Crippen LogP contribution is 2.20. The number of hydrogen-bond acceptors (Lipinski definition) is 3. The molecular weight excluding hydrogens is 194 g/mol. The minimum atomic E-state index is -0.809. The standard InChI is InChI=1S/C11H15NO3/c1-7(11(13)14)3-8-4-9(12)6-10(5-8)15-2/h4-7H,3,12H2,1-2H3,(H,13,14). The molecule has 1 rings (SSSR count). The molecule has 0 radical (unpaired) electrons. The zero-order valence-corrected chi connectivity index (χ0v) is 8.86. The van der Waals surface area contributed by atoms with Gasteiger partial charge in [-0.05, 0) is 24.1 Å². The van der Waals surface area contributed by atoms with Gasteiger partial charge in [0, 0.05) is 11.8 Å². The third kappa shape index (κ3) is 3.16. The molecule has 0 heterocycles. The van der Waals surface area contributed by atoms with Gasteiger partial charge in [0.25, 0.3) is 0 Å². The molecular formula is C11H15NO3. The molecule has 15 heavy (non-hydrogen) atoms. The minimum Gasteiger partial charge on any atom is -0.497 e. The highest BCUT2D eigenvalue weighted by Gasteiger charge is 2.12. The van der Waals surface area contributed by atoms with Crippen molar-refractivity contribution in [3.05, 3.63) is 23.8 Å². The van der Waals surface area contributed by atoms with Crippen molar-refractivity contribution in [1.82, 2.24) is 0 Å². The van der Waals surface area contributed by atoms with E-state index in [9.17, 15) is 4.79 Å². The summed E-state index contributed by atoms with van der Waals surface area (Å²) in [5.41, 5.74) is 7.12. The van der Waals surface area contributed by atoms with Crippen LogP contribution in [0.5, 0.6) is 5.75 Å². The van der Waals surface area contributed by atoms with Crippen molar-refractivity contribution in [3.8, 4) is 5.75 Å². The molecule has 0 aliphatic heterocycles. The number of ether oxygens (including phenoxy) is 1. The summed E-state index contributed by atoms with van der Waals surface area (Å²) in [6.45, 7) is 1.66. The summed E-state index contributed by atoms with van der Waals surface area (Å²) in [5, 5.41) is 8.78. The van der Waals surface area contributed by atoms with E-state index in [-0.39, 0.29) is 0 Å². The number of carbonyl (C=O) groups is 1. The van der Waals surface area contributed by atoms with E-state index in [1.165, 1.54) is 0 Å². The molecule has 1 atom stereocenters. The number of carboxylic acids is 1. The molecule has 0 spiro atoms. The predicted octanol–water partition coefficient (Wildman–Crippen LogP) is 1.54. The van der Waals surface area contributed by atoms with Gasteiger partial charge in [-0.1, -0.05) is 6.92 Å². The molecule has 0 saturated heterocycles. The Kier molecular flexibility index (Phi) is 3.55. The largest absolute Gasteiger partial charge is 0.497 e. The summed E-state index contributed by atoms with van der Waals surface area (Å²) in [6.07, 6.45) is 0.455. The first-order valence-corrected chi connectivity index (χ1v) is 4.69. The Hall–Kier alpha value is -1.71. The number of carboxylic acid groups (broad SMARTS) is 1. The fourth-order valence-corrected chi connectivity index (χ4v) is 1.36. The molecule has 1 aromatic carbocycles. The Labute approximate surface area is 88.7 Å². The van der Waals surface area contributed by atoms with Gasteiger partial charge in [0.15, 0.2) is 0 Å². The molecule has 1 aromatic rings. The second kappa shape index (κ2) is 4.68. The summed E-state index contributed by atoms with van der Waals surface area (Å²) < 4.78 is 5.05. The zero-order chi connectivity index (χ0) is 11.4. The number of aliphatic carboxylic acids is 1. The van der Waals surface area contributed by atoms with Gasteiger partial charge in [0.1, 0.15) is 5.75 Å². The third-order valence-corrected chi connectivity index (χ3v) is 2.19. The molecule has 82 valence electrons. The molecule has 0 aliphatic rings. The minimum absolute atomic E-state index is 0.420. The molecule has 4 heteroatoms. The van der Waals surface area contributed by atoms with E-state index in [0.29, 0.717) is 17.9 Å². The van der Waals surface area contributed by atoms with Gasteiger partial charge < -0.3 is 15.6 Å². The van der Waals surface area contributed by atoms with Crippen LogP contribution in [0.2, 0.25) is 0 Å². The lowest BCUT2D eigenvalue weighted by molar-refractivity contribution is -0.141. The maximum atomic E-state index is 10.7. The number of hydrogen-bond donors (Lipinski definition) is 2. The maximum absolute atomic E-state index is 10.7. The second-order valence-electron chi connectivity index (χ2n) is 3.56. The summed E-state index contributed by atoms with van der Waals surface area (Å²) in [5.74, 6) is -0.574. The summed E-state index contributed by atoms with van der Waals surface area (Å²) in [4.78, 5) is 10.7. The third-order valence-electron chi connectivity index (χ3n) is 2.19. The number of methoxy groups -OCH3 is 1. The highest BCUT2D eigenvalue weighted by molar-refractivity contribution is 5.70. The van der Waals surface area contributed by atoms with Crippen molar-refractivity contribution >= 4 is 11.7 Å². The average Bonchev–Trinajstić information content (AvgIpc) is 2.16. The maximum Gasteiger partial charge on any atom is 0.306 e. The number of benzene rings is 1. The molecule has 1 unspecified atom stereocenters. The molecule has 0 fully saturated rings. The van der Waals surface area contributed by atoms with Crippen LogP contribution in [0, 0.1) is 5.92 Å². The molecule has 0 bridgehead atoms. The summed E-state index contributed by atoms with van der Waals surface area (Å²) in [6, 6.07) is 5.27. The first-order valence-electron chi connectivity index (χ1n) is 4.69. The normalized spacial score (nSPS) is 12.1. The first-order chi connectivity index (χ1) is 7.02. The highest BCUT2D eigenvalue weighted by atomic mass is 16.5. The van der Waals surface area contributed by atoms with Crippen LogP contribution in [0.3, 0.4) is 0 Å². The van der Waals surface area contributed by atoms with Gasteiger partial charge in [-0.3, -0.25) is 4.79 Å². The topological polar surface area (TPSA) is 72.5 Å². The smallest absolute Gasteiger partial charge is 0.306 e. The van der Waals surface area contributed by atoms with Gasteiger partial charge >= 0.3 is 5.97 Å². The molecule has 0 amide bonds. The molecule has 0 saturated carbocycles. The fraction of sp³-hybridized carbons (Fsp3) is 0.364. The van der Waals surface area contributed by atoms with Gasteiger partial charge in [-0.2, -0.15) is 0 Å². The molecule has 4 nitrogen and oxygen atoms in total. The average molecular weight is 209 g/mol. The van der Waals surface area contributed by atoms with Crippen LogP contribution in [-0.4, -0.2) is 18.2 Å². The van der Waals surface area contributed by atoms with Crippen LogP contribution in [0.25, 0.3) is 0 Å². The Morgan fingerprint density at radius 2 is 2.20 bits per heavy atom. The van der Waals surface area contributed by atoms with Crippen LogP contribution < -0.4 is 10.5 Å². The monoisotopic (exact) mass is 209 g/mol. The van der Waals surface area contributed by atoms with Crippen LogP contribution in [0.15, 0.2) is 18.2 Å². The zero-order valence-electron chi connectivity index (χ0n) is 8.86. The van der Waals surface area contributed by atoms with Crippen LogP contribution in [0.1, 0.15) is 12.5 Å². The summed E-state index contributed by atoms with van der Waals surface area (Å²) >= 11 is 0. The van der Waals surface area contributed by atoms with Gasteiger partial charge in [-0.15, -0.1) is 0 Å². The van der Waals surface area contributed by atoms with E-state index in [4.69, 9.17) is 15.6 Å². The van der Waals surface area contributed by atoms with Gasteiger partial charge in [0.2, 0.25) is 0 Å². The van der Waals surface area contributed by atoms with E-state index >= 15 is 0 Å². The van der Waals surface area contributed by atoms with Crippen LogP contribution in [-0.2, 0) is 11.2 Å². The number of nitrogen functional groups attached to an aromatic ring is 1. The molecule has 0 aromatic heterocycles. The number of anilines is 1. The number of rotatable bonds is 4.